The van der Waals surface area contributed by atoms with Gasteiger partial charge in [-0.25, -0.2) is 4.98 Å². The molecule has 0 aromatic carbocycles. The maximum atomic E-state index is 12.3. The lowest BCUT2D eigenvalue weighted by atomic mass is 10.2. The highest BCUT2D eigenvalue weighted by atomic mass is 35.5. The average Bonchev–Trinajstić information content (AvgIpc) is 2.60. The number of rotatable bonds is 1. The predicted octanol–water partition coefficient (Wildman–Crippen LogP) is 2.33. The quantitative estimate of drug-likeness (QED) is 0.782. The van der Waals surface area contributed by atoms with E-state index in [0.29, 0.717) is 11.3 Å². The number of carbonyl (C=O) groups excluding carboxylic acids is 1. The summed E-state index contributed by atoms with van der Waals surface area (Å²) in [5, 5.41) is 0.230. The van der Waals surface area contributed by atoms with E-state index in [1.54, 1.807) is 6.07 Å². The van der Waals surface area contributed by atoms with Crippen LogP contribution in [0.3, 0.4) is 0 Å². The first-order valence-corrected chi connectivity index (χ1v) is 6.26. The molecule has 1 aliphatic heterocycles. The number of nitrogens with two attached hydrogens (primary N) is 1. The van der Waals surface area contributed by atoms with Crippen molar-refractivity contribution in [2.45, 2.75) is 25.7 Å². The molecule has 1 saturated heterocycles. The van der Waals surface area contributed by atoms with Gasteiger partial charge < -0.3 is 10.6 Å². The van der Waals surface area contributed by atoms with Gasteiger partial charge in [-0.05, 0) is 18.9 Å². The number of halogens is 1. The largest absolute Gasteiger partial charge is 0.397 e. The summed E-state index contributed by atoms with van der Waals surface area (Å²) in [7, 11) is 0. The summed E-state index contributed by atoms with van der Waals surface area (Å²) < 4.78 is 0. The number of pyridine rings is 1. The van der Waals surface area contributed by atoms with Gasteiger partial charge in [-0.1, -0.05) is 24.4 Å². The standard InChI is InChI=1S/C12H16ClN3O/c13-11-10(7-9(14)8-15-11)12(17)16-5-3-1-2-4-6-16/h7-8H,1-6,14H2. The van der Waals surface area contributed by atoms with Crippen LogP contribution < -0.4 is 5.73 Å². The van der Waals surface area contributed by atoms with Crippen LogP contribution >= 0.6 is 11.6 Å². The fraction of sp³-hybridized carbons (Fsp3) is 0.500. The second-order valence-corrected chi connectivity index (χ2v) is 4.67. The van der Waals surface area contributed by atoms with Crippen molar-refractivity contribution in [2.75, 3.05) is 18.8 Å². The average molecular weight is 254 g/mol. The van der Waals surface area contributed by atoms with E-state index in [2.05, 4.69) is 4.98 Å². The third-order valence-electron chi connectivity index (χ3n) is 2.98. The van der Waals surface area contributed by atoms with E-state index in [4.69, 9.17) is 17.3 Å². The fourth-order valence-corrected chi connectivity index (χ4v) is 2.24. The molecule has 2 N–H and O–H groups in total. The second kappa shape index (κ2) is 5.36. The molecule has 92 valence electrons. The van der Waals surface area contributed by atoms with Gasteiger partial charge in [-0.3, -0.25) is 4.79 Å². The molecule has 5 heteroatoms. The molecule has 4 nitrogen and oxygen atoms in total. The Hall–Kier alpha value is -1.29. The number of aromatic nitrogens is 1. The Balaban J connectivity index is 2.20. The van der Waals surface area contributed by atoms with E-state index in [-0.39, 0.29) is 11.1 Å². The second-order valence-electron chi connectivity index (χ2n) is 4.31. The molecule has 1 aliphatic rings. The van der Waals surface area contributed by atoms with Gasteiger partial charge in [0.2, 0.25) is 0 Å². The Kier molecular flexibility index (Phi) is 3.84. The maximum Gasteiger partial charge on any atom is 0.257 e. The third-order valence-corrected chi connectivity index (χ3v) is 3.29. The molecule has 1 aromatic rings. The summed E-state index contributed by atoms with van der Waals surface area (Å²) in [6, 6.07) is 1.60. The fourth-order valence-electron chi connectivity index (χ4n) is 2.06. The molecule has 1 fully saturated rings. The molecule has 0 spiro atoms. The molecule has 0 unspecified atom stereocenters. The Bertz CT molecular complexity index is 414. The number of carbonyl (C=O) groups is 1. The van der Waals surface area contributed by atoms with Crippen molar-refractivity contribution in [1.82, 2.24) is 9.88 Å². The lowest BCUT2D eigenvalue weighted by molar-refractivity contribution is 0.0761. The van der Waals surface area contributed by atoms with E-state index in [1.165, 1.54) is 19.0 Å². The highest BCUT2D eigenvalue weighted by Crippen LogP contribution is 2.19. The van der Waals surface area contributed by atoms with E-state index in [9.17, 15) is 4.79 Å². The summed E-state index contributed by atoms with van der Waals surface area (Å²) in [6.45, 7) is 1.59. The molecule has 0 aliphatic carbocycles. The Labute approximate surface area is 106 Å². The third kappa shape index (κ3) is 2.88. The van der Waals surface area contributed by atoms with Crippen molar-refractivity contribution in [1.29, 1.82) is 0 Å². The lowest BCUT2D eigenvalue weighted by Gasteiger charge is -2.20. The van der Waals surface area contributed by atoms with Crippen LogP contribution in [0.4, 0.5) is 5.69 Å². The molecular weight excluding hydrogens is 238 g/mol. The molecular formula is C12H16ClN3O. The minimum atomic E-state index is -0.0586. The molecule has 2 rings (SSSR count). The van der Waals surface area contributed by atoms with Gasteiger partial charge in [0.05, 0.1) is 17.4 Å². The zero-order valence-corrected chi connectivity index (χ0v) is 10.4. The Morgan fingerprint density at radius 2 is 1.94 bits per heavy atom. The van der Waals surface area contributed by atoms with Crippen LogP contribution in [0.25, 0.3) is 0 Å². The number of nitrogen functional groups attached to an aromatic ring is 1. The SMILES string of the molecule is Nc1cnc(Cl)c(C(=O)N2CCCCCC2)c1. The molecule has 1 amide bonds. The minimum absolute atomic E-state index is 0.0586. The van der Waals surface area contributed by atoms with E-state index < -0.39 is 0 Å². The zero-order valence-electron chi connectivity index (χ0n) is 9.66. The number of likely N-dealkylation sites (tertiary alicyclic amines) is 1. The van der Waals surface area contributed by atoms with Crippen molar-refractivity contribution in [3.63, 3.8) is 0 Å². The molecule has 0 bridgehead atoms. The van der Waals surface area contributed by atoms with Crippen LogP contribution in [0.15, 0.2) is 12.3 Å². The van der Waals surface area contributed by atoms with E-state index >= 15 is 0 Å². The number of hydrogen-bond donors (Lipinski definition) is 1. The van der Waals surface area contributed by atoms with Gasteiger partial charge in [-0.15, -0.1) is 0 Å². The zero-order chi connectivity index (χ0) is 12.3. The monoisotopic (exact) mass is 253 g/mol. The van der Waals surface area contributed by atoms with Gasteiger partial charge in [-0.2, -0.15) is 0 Å². The van der Waals surface area contributed by atoms with Crippen molar-refractivity contribution >= 4 is 23.2 Å². The summed E-state index contributed by atoms with van der Waals surface area (Å²) in [6.07, 6.45) is 5.94. The summed E-state index contributed by atoms with van der Waals surface area (Å²) in [5.74, 6) is -0.0586. The Morgan fingerprint density at radius 3 is 2.59 bits per heavy atom. The van der Waals surface area contributed by atoms with Gasteiger partial charge in [0.1, 0.15) is 5.15 Å². The normalized spacial score (nSPS) is 16.6. The maximum absolute atomic E-state index is 12.3. The highest BCUT2D eigenvalue weighted by Gasteiger charge is 2.20. The summed E-state index contributed by atoms with van der Waals surface area (Å²) in [4.78, 5) is 18.0. The van der Waals surface area contributed by atoms with Crippen molar-refractivity contribution < 1.29 is 4.79 Å². The topological polar surface area (TPSA) is 59.2 Å². The van der Waals surface area contributed by atoms with Gasteiger partial charge in [0, 0.05) is 13.1 Å². The van der Waals surface area contributed by atoms with Crippen LogP contribution in [0, 0.1) is 0 Å². The minimum Gasteiger partial charge on any atom is -0.397 e. The van der Waals surface area contributed by atoms with Crippen LogP contribution in [-0.4, -0.2) is 28.9 Å². The molecule has 2 heterocycles. The Morgan fingerprint density at radius 1 is 1.29 bits per heavy atom. The van der Waals surface area contributed by atoms with Crippen LogP contribution in [-0.2, 0) is 0 Å². The van der Waals surface area contributed by atoms with Crippen LogP contribution in [0.2, 0.25) is 5.15 Å². The first-order valence-electron chi connectivity index (χ1n) is 5.89. The van der Waals surface area contributed by atoms with Crippen LogP contribution in [0.5, 0.6) is 0 Å². The molecule has 0 atom stereocenters. The van der Waals surface area contributed by atoms with Crippen molar-refractivity contribution in [2.24, 2.45) is 0 Å². The van der Waals surface area contributed by atoms with Crippen LogP contribution in [0.1, 0.15) is 36.0 Å². The van der Waals surface area contributed by atoms with Crippen molar-refractivity contribution in [3.05, 3.63) is 23.0 Å². The molecule has 0 radical (unpaired) electrons. The number of nitrogens with zero attached hydrogens (tertiary/aromatic N) is 2. The predicted molar refractivity (Wildman–Crippen MR) is 68.0 cm³/mol. The number of anilines is 1. The summed E-state index contributed by atoms with van der Waals surface area (Å²) >= 11 is 5.94. The smallest absolute Gasteiger partial charge is 0.257 e. The molecule has 17 heavy (non-hydrogen) atoms. The molecule has 0 saturated carbocycles. The van der Waals surface area contributed by atoms with E-state index in [1.807, 2.05) is 4.90 Å². The van der Waals surface area contributed by atoms with Gasteiger partial charge in [0.15, 0.2) is 0 Å². The van der Waals surface area contributed by atoms with Crippen molar-refractivity contribution in [3.8, 4) is 0 Å². The molecule has 1 aromatic heterocycles. The first-order chi connectivity index (χ1) is 8.18. The van der Waals surface area contributed by atoms with Gasteiger partial charge in [0.25, 0.3) is 5.91 Å². The van der Waals surface area contributed by atoms with E-state index in [0.717, 1.165) is 25.9 Å². The highest BCUT2D eigenvalue weighted by molar-refractivity contribution is 6.32. The first kappa shape index (κ1) is 12.2. The number of amides is 1. The van der Waals surface area contributed by atoms with Gasteiger partial charge >= 0.3 is 0 Å². The number of hydrogen-bond acceptors (Lipinski definition) is 3. The lowest BCUT2D eigenvalue weighted by Crippen LogP contribution is -2.32. The summed E-state index contributed by atoms with van der Waals surface area (Å²) in [5.41, 5.74) is 6.51.